The minimum absolute atomic E-state index is 0.189. The van der Waals surface area contributed by atoms with Gasteiger partial charge in [-0.15, -0.1) is 0 Å². The number of fused-ring (bicyclic) bond motifs is 1. The lowest BCUT2D eigenvalue weighted by atomic mass is 9.98. The Balaban J connectivity index is 1.55. The van der Waals surface area contributed by atoms with Gasteiger partial charge in [0, 0.05) is 36.6 Å². The van der Waals surface area contributed by atoms with Crippen molar-refractivity contribution in [1.29, 1.82) is 0 Å². The van der Waals surface area contributed by atoms with Crippen molar-refractivity contribution in [3.05, 3.63) is 83.2 Å². The monoisotopic (exact) mass is 332 g/mol. The highest BCUT2D eigenvalue weighted by Crippen LogP contribution is 2.28. The zero-order chi connectivity index (χ0) is 17.2. The van der Waals surface area contributed by atoms with Crippen LogP contribution in [0.5, 0.6) is 0 Å². The zero-order valence-corrected chi connectivity index (χ0v) is 14.6. The number of aryl methyl sites for hydroxylation is 1. The summed E-state index contributed by atoms with van der Waals surface area (Å²) in [7, 11) is 0. The van der Waals surface area contributed by atoms with E-state index in [1.807, 2.05) is 10.7 Å². The highest BCUT2D eigenvalue weighted by atomic mass is 15.3. The summed E-state index contributed by atoms with van der Waals surface area (Å²) in [6, 6.07) is 19.2. The number of aromatic nitrogens is 2. The van der Waals surface area contributed by atoms with Gasteiger partial charge in [-0.3, -0.25) is 4.68 Å². The molecule has 0 aliphatic carbocycles. The molecule has 0 fully saturated rings. The third-order valence-corrected chi connectivity index (χ3v) is 4.87. The minimum Gasteiger partial charge on any atom is -0.365 e. The van der Waals surface area contributed by atoms with Crippen molar-refractivity contribution in [2.24, 2.45) is 5.73 Å². The average Bonchev–Trinajstić information content (AvgIpc) is 2.95. The predicted molar refractivity (Wildman–Crippen MR) is 102 cm³/mol. The number of nitrogens with two attached hydrogens (primary N) is 1. The highest BCUT2D eigenvalue weighted by molar-refractivity contribution is 5.56. The predicted octanol–water partition coefficient (Wildman–Crippen LogP) is 3.13. The van der Waals surface area contributed by atoms with Gasteiger partial charge in [-0.2, -0.15) is 5.10 Å². The fraction of sp³-hybridized carbons (Fsp3) is 0.286. The number of rotatable bonds is 4. The molecular weight excluding hydrogens is 308 g/mol. The molecule has 2 heterocycles. The van der Waals surface area contributed by atoms with Crippen LogP contribution in [0.15, 0.2) is 60.8 Å². The van der Waals surface area contributed by atoms with Crippen LogP contribution in [0.2, 0.25) is 0 Å². The van der Waals surface area contributed by atoms with E-state index in [4.69, 9.17) is 10.8 Å². The van der Waals surface area contributed by atoms with E-state index in [9.17, 15) is 0 Å². The molecule has 1 aliphatic heterocycles. The van der Waals surface area contributed by atoms with Gasteiger partial charge < -0.3 is 10.6 Å². The Morgan fingerprint density at radius 1 is 1.04 bits per heavy atom. The van der Waals surface area contributed by atoms with Gasteiger partial charge in [0.05, 0.1) is 12.2 Å². The van der Waals surface area contributed by atoms with E-state index in [0.29, 0.717) is 0 Å². The van der Waals surface area contributed by atoms with Crippen molar-refractivity contribution in [2.45, 2.75) is 32.5 Å². The van der Waals surface area contributed by atoms with Gasteiger partial charge in [-0.05, 0) is 30.5 Å². The molecule has 4 heteroatoms. The molecule has 0 amide bonds. The second-order valence-corrected chi connectivity index (χ2v) is 6.90. The normalized spacial score (nSPS) is 16.7. The van der Waals surface area contributed by atoms with E-state index in [-0.39, 0.29) is 6.04 Å². The fourth-order valence-electron chi connectivity index (χ4n) is 3.64. The second-order valence-electron chi connectivity index (χ2n) is 6.90. The van der Waals surface area contributed by atoms with Crippen molar-refractivity contribution < 1.29 is 0 Å². The van der Waals surface area contributed by atoms with E-state index in [0.717, 1.165) is 31.7 Å². The van der Waals surface area contributed by atoms with E-state index in [1.165, 1.54) is 22.4 Å². The van der Waals surface area contributed by atoms with Gasteiger partial charge in [-0.25, -0.2) is 0 Å². The van der Waals surface area contributed by atoms with Crippen LogP contribution < -0.4 is 10.6 Å². The van der Waals surface area contributed by atoms with Gasteiger partial charge in [0.25, 0.3) is 0 Å². The lowest BCUT2D eigenvalue weighted by Gasteiger charge is -2.34. The van der Waals surface area contributed by atoms with Gasteiger partial charge in [0.1, 0.15) is 0 Å². The molecule has 3 aromatic rings. The fourth-order valence-corrected chi connectivity index (χ4v) is 3.64. The first kappa shape index (κ1) is 15.9. The molecule has 0 saturated heterocycles. The van der Waals surface area contributed by atoms with Crippen LogP contribution in [0.25, 0.3) is 0 Å². The zero-order valence-electron chi connectivity index (χ0n) is 14.6. The van der Waals surface area contributed by atoms with Crippen molar-refractivity contribution >= 4 is 5.69 Å². The quantitative estimate of drug-likeness (QED) is 0.798. The molecule has 0 bridgehead atoms. The summed E-state index contributed by atoms with van der Waals surface area (Å²) in [5.41, 5.74) is 12.5. The summed E-state index contributed by atoms with van der Waals surface area (Å²) in [5.74, 6) is 0. The third kappa shape index (κ3) is 3.44. The molecule has 128 valence electrons. The Labute approximate surface area is 148 Å². The first-order valence-corrected chi connectivity index (χ1v) is 8.84. The number of nitrogens with zero attached hydrogens (tertiary/aromatic N) is 3. The van der Waals surface area contributed by atoms with Crippen LogP contribution in [0.3, 0.4) is 0 Å². The third-order valence-electron chi connectivity index (χ3n) is 4.87. The van der Waals surface area contributed by atoms with E-state index in [2.05, 4.69) is 66.6 Å². The minimum atomic E-state index is 0.189. The molecule has 2 N–H and O–H groups in total. The molecule has 4 rings (SSSR count). The second kappa shape index (κ2) is 6.73. The number of benzene rings is 2. The summed E-state index contributed by atoms with van der Waals surface area (Å²) in [6.45, 7) is 4.63. The number of anilines is 1. The Hall–Kier alpha value is -2.59. The van der Waals surface area contributed by atoms with Crippen molar-refractivity contribution in [2.75, 3.05) is 11.4 Å². The molecule has 1 aliphatic rings. The summed E-state index contributed by atoms with van der Waals surface area (Å²) < 4.78 is 2.04. The van der Waals surface area contributed by atoms with E-state index < -0.39 is 0 Å². The average molecular weight is 332 g/mol. The molecule has 1 unspecified atom stereocenters. The van der Waals surface area contributed by atoms with Crippen LogP contribution in [0, 0.1) is 6.92 Å². The van der Waals surface area contributed by atoms with Crippen molar-refractivity contribution in [1.82, 2.24) is 9.78 Å². The van der Waals surface area contributed by atoms with Crippen LogP contribution in [0.4, 0.5) is 5.69 Å². The first-order chi connectivity index (χ1) is 12.2. The molecule has 0 radical (unpaired) electrons. The van der Waals surface area contributed by atoms with Crippen molar-refractivity contribution in [3.63, 3.8) is 0 Å². The summed E-state index contributed by atoms with van der Waals surface area (Å²) in [5, 5.41) is 4.71. The SMILES string of the molecule is Cc1nn(Cc2ccccc2)cc1CN1CC(N)Cc2ccccc21. The molecular formula is C21H24N4. The van der Waals surface area contributed by atoms with Gasteiger partial charge in [0.15, 0.2) is 0 Å². The topological polar surface area (TPSA) is 47.1 Å². The lowest BCUT2D eigenvalue weighted by molar-refractivity contribution is 0.598. The Bertz CT molecular complexity index is 853. The van der Waals surface area contributed by atoms with E-state index in [1.54, 1.807) is 0 Å². The van der Waals surface area contributed by atoms with Gasteiger partial charge in [-0.1, -0.05) is 48.5 Å². The molecule has 1 atom stereocenters. The summed E-state index contributed by atoms with van der Waals surface area (Å²) in [6.07, 6.45) is 3.13. The van der Waals surface area contributed by atoms with Crippen LogP contribution in [-0.2, 0) is 19.5 Å². The molecule has 25 heavy (non-hydrogen) atoms. The van der Waals surface area contributed by atoms with Crippen LogP contribution in [0.1, 0.15) is 22.4 Å². The molecule has 0 spiro atoms. The number of hydrogen-bond donors (Lipinski definition) is 1. The van der Waals surface area contributed by atoms with Crippen molar-refractivity contribution in [3.8, 4) is 0 Å². The van der Waals surface area contributed by atoms with Crippen LogP contribution >= 0.6 is 0 Å². The summed E-state index contributed by atoms with van der Waals surface area (Å²) >= 11 is 0. The summed E-state index contributed by atoms with van der Waals surface area (Å²) in [4.78, 5) is 2.39. The maximum Gasteiger partial charge on any atom is 0.0659 e. The first-order valence-electron chi connectivity index (χ1n) is 8.84. The van der Waals surface area contributed by atoms with Crippen LogP contribution in [-0.4, -0.2) is 22.4 Å². The highest BCUT2D eigenvalue weighted by Gasteiger charge is 2.22. The standard InChI is InChI=1S/C21H24N4/c1-16-19(14-25(23-16)12-17-7-3-2-4-8-17)13-24-15-20(22)11-18-9-5-6-10-21(18)24/h2-10,14,20H,11-13,15,22H2,1H3. The maximum atomic E-state index is 6.28. The lowest BCUT2D eigenvalue weighted by Crippen LogP contribution is -2.42. The molecule has 2 aromatic carbocycles. The Kier molecular flexibility index (Phi) is 4.28. The number of para-hydroxylation sites is 1. The molecule has 0 saturated carbocycles. The largest absolute Gasteiger partial charge is 0.365 e. The van der Waals surface area contributed by atoms with E-state index >= 15 is 0 Å². The Morgan fingerprint density at radius 3 is 2.64 bits per heavy atom. The van der Waals surface area contributed by atoms with Gasteiger partial charge in [0.2, 0.25) is 0 Å². The molecule has 1 aromatic heterocycles. The Morgan fingerprint density at radius 2 is 1.80 bits per heavy atom. The molecule has 4 nitrogen and oxygen atoms in total. The van der Waals surface area contributed by atoms with Gasteiger partial charge >= 0.3 is 0 Å². The number of hydrogen-bond acceptors (Lipinski definition) is 3. The smallest absolute Gasteiger partial charge is 0.0659 e. The maximum absolute atomic E-state index is 6.28.